The molecule has 124 valence electrons. The fourth-order valence-corrected chi connectivity index (χ4v) is 3.10. The maximum atomic E-state index is 12.8. The summed E-state index contributed by atoms with van der Waals surface area (Å²) in [5.41, 5.74) is 1.38. The van der Waals surface area contributed by atoms with Gasteiger partial charge in [-0.25, -0.2) is 0 Å². The minimum Gasteiger partial charge on any atom is -0.494 e. The van der Waals surface area contributed by atoms with Crippen LogP contribution >= 0.6 is 0 Å². The second-order valence-corrected chi connectivity index (χ2v) is 5.75. The molecule has 1 aliphatic rings. The number of H-pyrrole nitrogens is 1. The first-order valence-corrected chi connectivity index (χ1v) is 7.86. The van der Waals surface area contributed by atoms with E-state index >= 15 is 0 Å². The normalized spacial score (nSPS) is 21.1. The van der Waals surface area contributed by atoms with Crippen LogP contribution in [-0.4, -0.2) is 59.9 Å². The first-order chi connectivity index (χ1) is 11.2. The topological polar surface area (TPSA) is 74.8 Å². The lowest BCUT2D eigenvalue weighted by Gasteiger charge is -2.21. The van der Waals surface area contributed by atoms with Crippen molar-refractivity contribution in [1.29, 1.82) is 0 Å². The molecular weight excluding hydrogens is 296 g/mol. The lowest BCUT2D eigenvalue weighted by atomic mass is 10.2. The number of nitrogens with zero attached hydrogens (tertiary/aromatic N) is 1. The number of aromatic nitrogens is 1. The Balaban J connectivity index is 1.85. The van der Waals surface area contributed by atoms with E-state index in [4.69, 9.17) is 9.47 Å². The number of likely N-dealkylation sites (tertiary alicyclic amines) is 1. The van der Waals surface area contributed by atoms with Gasteiger partial charge in [0.25, 0.3) is 5.91 Å². The minimum absolute atomic E-state index is 0.0231. The van der Waals surface area contributed by atoms with Crippen LogP contribution in [0.2, 0.25) is 0 Å². The number of aromatic amines is 1. The molecule has 1 amide bonds. The average Bonchev–Trinajstić information content (AvgIpc) is 3.17. The molecule has 0 bridgehead atoms. The van der Waals surface area contributed by atoms with Crippen LogP contribution in [0.1, 0.15) is 23.8 Å². The van der Waals surface area contributed by atoms with E-state index in [-0.39, 0.29) is 24.7 Å². The van der Waals surface area contributed by atoms with Crippen molar-refractivity contribution in [3.8, 4) is 5.75 Å². The summed E-state index contributed by atoms with van der Waals surface area (Å²) in [6.45, 7) is 2.98. The smallest absolute Gasteiger partial charge is 0.270 e. The largest absolute Gasteiger partial charge is 0.494 e. The molecule has 3 rings (SSSR count). The van der Waals surface area contributed by atoms with Crippen LogP contribution in [0.3, 0.4) is 0 Å². The monoisotopic (exact) mass is 318 g/mol. The standard InChI is InChI=1S/C17H22N2O4/c1-3-23-13-5-4-11-6-16(18-15(11)8-13)17(21)19-9-14(22-2)7-12(19)10-20/h4-6,8,12,14,18,20H,3,7,9-10H2,1-2H3/t12-,14-/m0/s1. The van der Waals surface area contributed by atoms with Crippen LogP contribution in [0.4, 0.5) is 0 Å². The van der Waals surface area contributed by atoms with Gasteiger partial charge in [0, 0.05) is 30.6 Å². The highest BCUT2D eigenvalue weighted by atomic mass is 16.5. The van der Waals surface area contributed by atoms with E-state index in [1.807, 2.05) is 31.2 Å². The van der Waals surface area contributed by atoms with Crippen LogP contribution in [0.5, 0.6) is 5.75 Å². The summed E-state index contributed by atoms with van der Waals surface area (Å²) < 4.78 is 10.8. The molecule has 1 fully saturated rings. The molecule has 23 heavy (non-hydrogen) atoms. The van der Waals surface area contributed by atoms with E-state index in [2.05, 4.69) is 4.98 Å². The molecule has 2 atom stereocenters. The molecule has 0 unspecified atom stereocenters. The zero-order chi connectivity index (χ0) is 16.4. The SMILES string of the molecule is CCOc1ccc2cc(C(=O)N3C[C@@H](OC)C[C@H]3CO)[nH]c2c1. The number of aliphatic hydroxyl groups excluding tert-OH is 1. The second kappa shape index (κ2) is 6.60. The fraction of sp³-hybridized carbons (Fsp3) is 0.471. The Hall–Kier alpha value is -2.05. The average molecular weight is 318 g/mol. The highest BCUT2D eigenvalue weighted by Gasteiger charge is 2.35. The molecule has 1 aliphatic heterocycles. The predicted octanol–water partition coefficient (Wildman–Crippen LogP) is 1.79. The summed E-state index contributed by atoms with van der Waals surface area (Å²) in [6.07, 6.45) is 0.637. The number of rotatable bonds is 5. The van der Waals surface area contributed by atoms with Crippen molar-refractivity contribution >= 4 is 16.8 Å². The van der Waals surface area contributed by atoms with Gasteiger partial charge in [-0.3, -0.25) is 4.79 Å². The molecule has 0 radical (unpaired) electrons. The summed E-state index contributed by atoms with van der Waals surface area (Å²) in [6, 6.07) is 7.35. The van der Waals surface area contributed by atoms with Gasteiger partial charge in [0.2, 0.25) is 0 Å². The number of methoxy groups -OCH3 is 1. The number of benzene rings is 1. The number of hydrogen-bond acceptors (Lipinski definition) is 4. The molecule has 1 saturated heterocycles. The van der Waals surface area contributed by atoms with Crippen LogP contribution < -0.4 is 4.74 Å². The molecule has 1 aromatic heterocycles. The molecule has 0 spiro atoms. The summed E-state index contributed by atoms with van der Waals surface area (Å²) in [7, 11) is 1.63. The summed E-state index contributed by atoms with van der Waals surface area (Å²) >= 11 is 0. The predicted molar refractivity (Wildman–Crippen MR) is 86.8 cm³/mol. The third-order valence-corrected chi connectivity index (χ3v) is 4.32. The van der Waals surface area contributed by atoms with E-state index in [1.165, 1.54) is 0 Å². The zero-order valence-electron chi connectivity index (χ0n) is 13.4. The number of carbonyl (C=O) groups is 1. The number of aliphatic hydroxyl groups is 1. The van der Waals surface area contributed by atoms with Crippen molar-refractivity contribution in [2.45, 2.75) is 25.5 Å². The molecule has 2 heterocycles. The number of ether oxygens (including phenoxy) is 2. The first-order valence-electron chi connectivity index (χ1n) is 7.86. The number of hydrogen-bond donors (Lipinski definition) is 2. The van der Waals surface area contributed by atoms with Crippen molar-refractivity contribution in [3.63, 3.8) is 0 Å². The van der Waals surface area contributed by atoms with Gasteiger partial charge >= 0.3 is 0 Å². The van der Waals surface area contributed by atoms with Crippen molar-refractivity contribution in [1.82, 2.24) is 9.88 Å². The van der Waals surface area contributed by atoms with Gasteiger partial charge in [-0.15, -0.1) is 0 Å². The Morgan fingerprint density at radius 2 is 2.26 bits per heavy atom. The van der Waals surface area contributed by atoms with Gasteiger partial charge in [0.15, 0.2) is 0 Å². The third kappa shape index (κ3) is 3.04. The molecule has 0 saturated carbocycles. The Bertz CT molecular complexity index is 697. The summed E-state index contributed by atoms with van der Waals surface area (Å²) in [5, 5.41) is 10.5. The van der Waals surface area contributed by atoms with Gasteiger partial charge < -0.3 is 24.5 Å². The number of amides is 1. The molecule has 2 aromatic rings. The number of carbonyl (C=O) groups excluding carboxylic acids is 1. The van der Waals surface area contributed by atoms with E-state index in [9.17, 15) is 9.90 Å². The van der Waals surface area contributed by atoms with Crippen LogP contribution in [0, 0.1) is 0 Å². The minimum atomic E-state index is -0.196. The lowest BCUT2D eigenvalue weighted by molar-refractivity contribution is 0.0643. The van der Waals surface area contributed by atoms with Crippen LogP contribution in [-0.2, 0) is 4.74 Å². The van der Waals surface area contributed by atoms with Gasteiger partial charge in [-0.05, 0) is 31.5 Å². The van der Waals surface area contributed by atoms with Gasteiger partial charge in [-0.2, -0.15) is 0 Å². The summed E-state index contributed by atoms with van der Waals surface area (Å²) in [5.74, 6) is 0.660. The maximum Gasteiger partial charge on any atom is 0.270 e. The van der Waals surface area contributed by atoms with Crippen molar-refractivity contribution in [2.24, 2.45) is 0 Å². The van der Waals surface area contributed by atoms with Crippen molar-refractivity contribution < 1.29 is 19.4 Å². The Kier molecular flexibility index (Phi) is 4.54. The number of fused-ring (bicyclic) bond motifs is 1. The third-order valence-electron chi connectivity index (χ3n) is 4.32. The van der Waals surface area contributed by atoms with Gasteiger partial charge in [0.1, 0.15) is 11.4 Å². The molecule has 6 heteroatoms. The quantitative estimate of drug-likeness (QED) is 0.881. The van der Waals surface area contributed by atoms with Crippen molar-refractivity contribution in [2.75, 3.05) is 26.9 Å². The fourth-order valence-electron chi connectivity index (χ4n) is 3.10. The Morgan fingerprint density at radius 1 is 1.43 bits per heavy atom. The Labute approximate surface area is 135 Å². The maximum absolute atomic E-state index is 12.8. The highest BCUT2D eigenvalue weighted by molar-refractivity contribution is 5.98. The van der Waals surface area contributed by atoms with E-state index < -0.39 is 0 Å². The van der Waals surface area contributed by atoms with E-state index in [0.717, 1.165) is 16.7 Å². The first kappa shape index (κ1) is 15.8. The van der Waals surface area contributed by atoms with Crippen LogP contribution in [0.25, 0.3) is 10.9 Å². The van der Waals surface area contributed by atoms with E-state index in [1.54, 1.807) is 12.0 Å². The molecule has 6 nitrogen and oxygen atoms in total. The zero-order valence-corrected chi connectivity index (χ0v) is 13.4. The Morgan fingerprint density at radius 3 is 2.96 bits per heavy atom. The summed E-state index contributed by atoms with van der Waals surface area (Å²) in [4.78, 5) is 17.6. The second-order valence-electron chi connectivity index (χ2n) is 5.75. The van der Waals surface area contributed by atoms with Gasteiger partial charge in [-0.1, -0.05) is 0 Å². The molecule has 0 aliphatic carbocycles. The molecule has 1 aromatic carbocycles. The highest BCUT2D eigenvalue weighted by Crippen LogP contribution is 2.25. The number of nitrogens with one attached hydrogen (secondary N) is 1. The molecule has 2 N–H and O–H groups in total. The van der Waals surface area contributed by atoms with Gasteiger partial charge in [0.05, 0.1) is 25.4 Å². The van der Waals surface area contributed by atoms with Crippen molar-refractivity contribution in [3.05, 3.63) is 30.0 Å². The molecular formula is C17H22N2O4. The van der Waals surface area contributed by atoms with E-state index in [0.29, 0.717) is 25.3 Å². The lowest BCUT2D eigenvalue weighted by Crippen LogP contribution is -2.38. The van der Waals surface area contributed by atoms with Crippen LogP contribution in [0.15, 0.2) is 24.3 Å².